The summed E-state index contributed by atoms with van der Waals surface area (Å²) < 4.78 is 0. The van der Waals surface area contributed by atoms with Gasteiger partial charge in [-0.25, -0.2) is 0 Å². The lowest BCUT2D eigenvalue weighted by atomic mass is 10.2. The smallest absolute Gasteiger partial charge is 0.257 e. The van der Waals surface area contributed by atoms with E-state index in [9.17, 15) is 9.59 Å². The molecular weight excluding hydrogens is 244 g/mol. The Morgan fingerprint density at radius 3 is 2.63 bits per heavy atom. The number of amides is 2. The maximum absolute atomic E-state index is 12.3. The first kappa shape index (κ1) is 15.2. The molecule has 0 unspecified atom stereocenters. The number of hydrogen-bond donors (Lipinski definition) is 2. The summed E-state index contributed by atoms with van der Waals surface area (Å²) in [5, 5.41) is 9.47. The van der Waals surface area contributed by atoms with Crippen molar-refractivity contribution >= 4 is 11.8 Å². The lowest BCUT2D eigenvalue weighted by Gasteiger charge is -2.21. The molecule has 6 nitrogen and oxygen atoms in total. The standard InChI is InChI=1S/C13H22N4O2/c1-5-11-10(7-14-16-11)13(19)17(6-2)8-12(18)15-9(3)4/h7,9H,5-6,8H2,1-4H3,(H,14,16)(H,15,18). The average Bonchev–Trinajstić information content (AvgIpc) is 2.82. The zero-order valence-corrected chi connectivity index (χ0v) is 12.0. The van der Waals surface area contributed by atoms with Crippen molar-refractivity contribution in [2.75, 3.05) is 13.1 Å². The van der Waals surface area contributed by atoms with Crippen molar-refractivity contribution in [1.29, 1.82) is 0 Å². The molecule has 1 rings (SSSR count). The Balaban J connectivity index is 2.74. The molecule has 6 heteroatoms. The second-order valence-electron chi connectivity index (χ2n) is 4.66. The maximum atomic E-state index is 12.3. The summed E-state index contributed by atoms with van der Waals surface area (Å²) in [6.07, 6.45) is 2.22. The Labute approximate surface area is 113 Å². The van der Waals surface area contributed by atoms with Crippen LogP contribution in [0.2, 0.25) is 0 Å². The van der Waals surface area contributed by atoms with Gasteiger partial charge in [0.2, 0.25) is 5.91 Å². The fourth-order valence-electron chi connectivity index (χ4n) is 1.81. The highest BCUT2D eigenvalue weighted by molar-refractivity contribution is 5.97. The first-order valence-corrected chi connectivity index (χ1v) is 6.60. The molecule has 1 aromatic rings. The molecule has 0 fully saturated rings. The van der Waals surface area contributed by atoms with E-state index in [4.69, 9.17) is 0 Å². The maximum Gasteiger partial charge on any atom is 0.257 e. The van der Waals surface area contributed by atoms with Crippen LogP contribution >= 0.6 is 0 Å². The molecule has 1 aromatic heterocycles. The number of hydrogen-bond acceptors (Lipinski definition) is 3. The van der Waals surface area contributed by atoms with Crippen molar-refractivity contribution in [2.24, 2.45) is 0 Å². The SMILES string of the molecule is CCc1[nH]ncc1C(=O)N(CC)CC(=O)NC(C)C. The van der Waals surface area contributed by atoms with Crippen LogP contribution in [-0.2, 0) is 11.2 Å². The highest BCUT2D eigenvalue weighted by Gasteiger charge is 2.20. The molecule has 0 bridgehead atoms. The third-order valence-corrected chi connectivity index (χ3v) is 2.76. The van der Waals surface area contributed by atoms with Crippen LogP contribution in [-0.4, -0.2) is 46.0 Å². The number of rotatable bonds is 6. The third kappa shape index (κ3) is 4.08. The summed E-state index contributed by atoms with van der Waals surface area (Å²) in [6, 6.07) is 0.0708. The molecular formula is C13H22N4O2. The fourth-order valence-corrected chi connectivity index (χ4v) is 1.81. The van der Waals surface area contributed by atoms with Gasteiger partial charge in [0.25, 0.3) is 5.91 Å². The van der Waals surface area contributed by atoms with E-state index in [1.165, 1.54) is 11.1 Å². The summed E-state index contributed by atoms with van der Waals surface area (Å²) in [5.74, 6) is -0.307. The zero-order valence-electron chi connectivity index (χ0n) is 12.0. The number of carbonyl (C=O) groups is 2. The van der Waals surface area contributed by atoms with E-state index in [1.807, 2.05) is 27.7 Å². The first-order valence-electron chi connectivity index (χ1n) is 6.60. The molecule has 19 heavy (non-hydrogen) atoms. The van der Waals surface area contributed by atoms with Gasteiger partial charge >= 0.3 is 0 Å². The minimum absolute atomic E-state index is 0.0708. The normalized spacial score (nSPS) is 10.6. The van der Waals surface area contributed by atoms with E-state index in [2.05, 4.69) is 15.5 Å². The molecule has 2 N–H and O–H groups in total. The van der Waals surface area contributed by atoms with Gasteiger partial charge in [-0.05, 0) is 27.2 Å². The van der Waals surface area contributed by atoms with Crippen LogP contribution in [0.25, 0.3) is 0 Å². The van der Waals surface area contributed by atoms with E-state index in [-0.39, 0.29) is 24.4 Å². The minimum atomic E-state index is -0.160. The zero-order chi connectivity index (χ0) is 14.4. The predicted octanol–water partition coefficient (Wildman–Crippen LogP) is 0.959. The van der Waals surface area contributed by atoms with Crippen LogP contribution in [0, 0.1) is 0 Å². The average molecular weight is 266 g/mol. The highest BCUT2D eigenvalue weighted by atomic mass is 16.2. The Hall–Kier alpha value is -1.85. The molecule has 0 aliphatic carbocycles. The molecule has 106 valence electrons. The molecule has 0 aliphatic heterocycles. The van der Waals surface area contributed by atoms with Crippen LogP contribution < -0.4 is 5.32 Å². The van der Waals surface area contributed by atoms with Crippen LogP contribution in [0.3, 0.4) is 0 Å². The summed E-state index contributed by atoms with van der Waals surface area (Å²) in [6.45, 7) is 8.14. The third-order valence-electron chi connectivity index (χ3n) is 2.76. The molecule has 0 aromatic carbocycles. The van der Waals surface area contributed by atoms with E-state index in [0.29, 0.717) is 18.5 Å². The summed E-state index contributed by atoms with van der Waals surface area (Å²) in [4.78, 5) is 25.6. The van der Waals surface area contributed by atoms with Gasteiger partial charge in [-0.1, -0.05) is 6.92 Å². The fraction of sp³-hybridized carbons (Fsp3) is 0.615. The number of carbonyl (C=O) groups excluding carboxylic acids is 2. The van der Waals surface area contributed by atoms with Gasteiger partial charge in [0.15, 0.2) is 0 Å². The van der Waals surface area contributed by atoms with Crippen molar-refractivity contribution < 1.29 is 9.59 Å². The van der Waals surface area contributed by atoms with Crippen LogP contribution in [0.1, 0.15) is 43.7 Å². The van der Waals surface area contributed by atoms with Gasteiger partial charge in [-0.2, -0.15) is 5.10 Å². The number of aromatic nitrogens is 2. The lowest BCUT2D eigenvalue weighted by molar-refractivity contribution is -0.122. The Kier molecular flexibility index (Phi) is 5.54. The molecule has 2 amide bonds. The second kappa shape index (κ2) is 6.92. The monoisotopic (exact) mass is 266 g/mol. The molecule has 0 atom stereocenters. The van der Waals surface area contributed by atoms with Crippen LogP contribution in [0.5, 0.6) is 0 Å². The van der Waals surface area contributed by atoms with Gasteiger partial charge < -0.3 is 10.2 Å². The van der Waals surface area contributed by atoms with Crippen molar-refractivity contribution in [3.63, 3.8) is 0 Å². The van der Waals surface area contributed by atoms with Crippen molar-refractivity contribution in [3.05, 3.63) is 17.5 Å². The second-order valence-corrected chi connectivity index (χ2v) is 4.66. The topological polar surface area (TPSA) is 78.1 Å². The van der Waals surface area contributed by atoms with Gasteiger partial charge in [-0.3, -0.25) is 14.7 Å². The number of aryl methyl sites for hydroxylation is 1. The highest BCUT2D eigenvalue weighted by Crippen LogP contribution is 2.09. The van der Waals surface area contributed by atoms with Crippen LogP contribution in [0.15, 0.2) is 6.20 Å². The van der Waals surface area contributed by atoms with Gasteiger partial charge in [-0.15, -0.1) is 0 Å². The van der Waals surface area contributed by atoms with Gasteiger partial charge in [0, 0.05) is 18.3 Å². The summed E-state index contributed by atoms with van der Waals surface area (Å²) in [7, 11) is 0. The Morgan fingerprint density at radius 2 is 2.11 bits per heavy atom. The van der Waals surface area contributed by atoms with Crippen molar-refractivity contribution in [1.82, 2.24) is 20.4 Å². The molecule has 0 spiro atoms. The number of likely N-dealkylation sites (N-methyl/N-ethyl adjacent to an activating group) is 1. The van der Waals surface area contributed by atoms with Gasteiger partial charge in [0.1, 0.15) is 0 Å². The van der Waals surface area contributed by atoms with E-state index in [1.54, 1.807) is 0 Å². The largest absolute Gasteiger partial charge is 0.352 e. The molecule has 0 aliphatic rings. The van der Waals surface area contributed by atoms with E-state index < -0.39 is 0 Å². The van der Waals surface area contributed by atoms with Crippen LogP contribution in [0.4, 0.5) is 0 Å². The molecule has 0 saturated heterocycles. The molecule has 0 saturated carbocycles. The number of H-pyrrole nitrogens is 1. The molecule has 1 heterocycles. The van der Waals surface area contributed by atoms with Crippen molar-refractivity contribution in [3.8, 4) is 0 Å². The number of nitrogens with one attached hydrogen (secondary N) is 2. The number of nitrogens with zero attached hydrogens (tertiary/aromatic N) is 2. The van der Waals surface area contributed by atoms with E-state index >= 15 is 0 Å². The quantitative estimate of drug-likeness (QED) is 0.805. The molecule has 0 radical (unpaired) electrons. The number of aromatic amines is 1. The summed E-state index contributed by atoms with van der Waals surface area (Å²) in [5.41, 5.74) is 1.34. The predicted molar refractivity (Wildman–Crippen MR) is 72.8 cm³/mol. The Bertz CT molecular complexity index is 440. The van der Waals surface area contributed by atoms with Crippen molar-refractivity contribution in [2.45, 2.75) is 40.2 Å². The van der Waals surface area contributed by atoms with E-state index in [0.717, 1.165) is 5.69 Å². The minimum Gasteiger partial charge on any atom is -0.352 e. The summed E-state index contributed by atoms with van der Waals surface area (Å²) >= 11 is 0. The Morgan fingerprint density at radius 1 is 1.42 bits per heavy atom. The lowest BCUT2D eigenvalue weighted by Crippen LogP contribution is -2.42. The first-order chi connectivity index (χ1) is 8.99. The van der Waals surface area contributed by atoms with Gasteiger partial charge in [0.05, 0.1) is 18.3 Å².